The Morgan fingerprint density at radius 3 is 2.59 bits per heavy atom. The van der Waals surface area contributed by atoms with Crippen LogP contribution >= 0.6 is 0 Å². The third kappa shape index (κ3) is 2.34. The number of nitrogens with two attached hydrogens (primary N) is 1. The molecular formula is C14H15FN2. The summed E-state index contributed by atoms with van der Waals surface area (Å²) >= 11 is 0. The van der Waals surface area contributed by atoms with E-state index in [9.17, 15) is 4.39 Å². The number of rotatable bonds is 2. The van der Waals surface area contributed by atoms with E-state index in [4.69, 9.17) is 5.73 Å². The van der Waals surface area contributed by atoms with Crippen molar-refractivity contribution in [3.63, 3.8) is 0 Å². The normalized spacial score (nSPS) is 12.5. The van der Waals surface area contributed by atoms with Gasteiger partial charge in [-0.3, -0.25) is 4.98 Å². The van der Waals surface area contributed by atoms with Gasteiger partial charge in [0, 0.05) is 12.4 Å². The molecule has 2 aromatic rings. The zero-order valence-electron chi connectivity index (χ0n) is 9.94. The second-order valence-electron chi connectivity index (χ2n) is 4.21. The second-order valence-corrected chi connectivity index (χ2v) is 4.21. The van der Waals surface area contributed by atoms with Crippen LogP contribution in [-0.2, 0) is 0 Å². The fraction of sp³-hybridized carbons (Fsp3) is 0.214. The van der Waals surface area contributed by atoms with Gasteiger partial charge in [-0.15, -0.1) is 0 Å². The van der Waals surface area contributed by atoms with Crippen LogP contribution in [0.3, 0.4) is 0 Å². The lowest BCUT2D eigenvalue weighted by Gasteiger charge is -2.17. The van der Waals surface area contributed by atoms with Crippen LogP contribution in [0.4, 0.5) is 4.39 Å². The molecule has 1 aromatic heterocycles. The highest BCUT2D eigenvalue weighted by Crippen LogP contribution is 2.25. The molecule has 2 N–H and O–H groups in total. The maximum atomic E-state index is 13.3. The zero-order chi connectivity index (χ0) is 12.4. The van der Waals surface area contributed by atoms with Crippen molar-refractivity contribution in [2.45, 2.75) is 19.9 Å². The molecule has 88 valence electrons. The summed E-state index contributed by atoms with van der Waals surface area (Å²) < 4.78 is 13.3. The second kappa shape index (κ2) is 4.63. The van der Waals surface area contributed by atoms with Crippen molar-refractivity contribution in [2.24, 2.45) is 5.73 Å². The van der Waals surface area contributed by atoms with Crippen LogP contribution in [0.15, 0.2) is 36.7 Å². The van der Waals surface area contributed by atoms with E-state index in [1.54, 1.807) is 18.5 Å². The molecule has 0 amide bonds. The Morgan fingerprint density at radius 2 is 1.88 bits per heavy atom. The predicted octanol–water partition coefficient (Wildman–Crippen LogP) is 2.89. The number of benzene rings is 1. The summed E-state index contributed by atoms with van der Waals surface area (Å²) in [7, 11) is 0. The Kier molecular flexibility index (Phi) is 3.20. The Bertz CT molecular complexity index is 537. The molecule has 0 saturated heterocycles. The highest BCUT2D eigenvalue weighted by molar-refractivity contribution is 5.38. The minimum absolute atomic E-state index is 0.257. The molecule has 0 aliphatic rings. The van der Waals surface area contributed by atoms with Gasteiger partial charge >= 0.3 is 0 Å². The van der Waals surface area contributed by atoms with Crippen molar-refractivity contribution in [1.29, 1.82) is 0 Å². The topological polar surface area (TPSA) is 38.9 Å². The first-order valence-corrected chi connectivity index (χ1v) is 5.51. The van der Waals surface area contributed by atoms with Crippen LogP contribution in [0.1, 0.15) is 28.3 Å². The van der Waals surface area contributed by atoms with Gasteiger partial charge in [-0.2, -0.15) is 0 Å². The lowest BCUT2D eigenvalue weighted by Crippen LogP contribution is -2.15. The molecule has 2 nitrogen and oxygen atoms in total. The van der Waals surface area contributed by atoms with Gasteiger partial charge in [0.1, 0.15) is 5.82 Å². The number of hydrogen-bond acceptors (Lipinski definition) is 2. The molecule has 1 heterocycles. The standard InChI is InChI=1S/C14H15FN2/c1-9-3-4-11(15)7-13(9)14(16)12-5-6-17-8-10(12)2/h3-8,14H,16H2,1-2H3. The minimum Gasteiger partial charge on any atom is -0.320 e. The number of pyridine rings is 1. The first kappa shape index (κ1) is 11.7. The average Bonchev–Trinajstić information content (AvgIpc) is 2.32. The van der Waals surface area contributed by atoms with Crippen molar-refractivity contribution in [2.75, 3.05) is 0 Å². The summed E-state index contributed by atoms with van der Waals surface area (Å²) in [6, 6.07) is 6.27. The monoisotopic (exact) mass is 230 g/mol. The Morgan fingerprint density at radius 1 is 1.12 bits per heavy atom. The summed E-state index contributed by atoms with van der Waals surface area (Å²) in [5, 5.41) is 0. The van der Waals surface area contributed by atoms with Crippen LogP contribution < -0.4 is 5.73 Å². The molecule has 1 atom stereocenters. The molecule has 2 rings (SSSR count). The van der Waals surface area contributed by atoms with E-state index in [2.05, 4.69) is 4.98 Å². The van der Waals surface area contributed by atoms with Gasteiger partial charge in [-0.25, -0.2) is 4.39 Å². The summed E-state index contributed by atoms with van der Waals surface area (Å²) in [4.78, 5) is 4.03. The van der Waals surface area contributed by atoms with Gasteiger partial charge in [0.2, 0.25) is 0 Å². The maximum absolute atomic E-state index is 13.3. The van der Waals surface area contributed by atoms with E-state index < -0.39 is 0 Å². The molecule has 0 bridgehead atoms. The molecule has 1 unspecified atom stereocenters. The number of halogens is 1. The first-order chi connectivity index (χ1) is 8.09. The highest BCUT2D eigenvalue weighted by Gasteiger charge is 2.14. The quantitative estimate of drug-likeness (QED) is 0.861. The molecular weight excluding hydrogens is 215 g/mol. The van der Waals surface area contributed by atoms with E-state index in [1.165, 1.54) is 12.1 Å². The Hall–Kier alpha value is -1.74. The molecule has 0 saturated carbocycles. The van der Waals surface area contributed by atoms with E-state index in [1.807, 2.05) is 19.9 Å². The van der Waals surface area contributed by atoms with Gasteiger partial charge in [0.05, 0.1) is 6.04 Å². The van der Waals surface area contributed by atoms with Crippen LogP contribution in [-0.4, -0.2) is 4.98 Å². The van der Waals surface area contributed by atoms with E-state index in [-0.39, 0.29) is 11.9 Å². The van der Waals surface area contributed by atoms with E-state index >= 15 is 0 Å². The fourth-order valence-corrected chi connectivity index (χ4v) is 1.95. The molecule has 3 heteroatoms. The van der Waals surface area contributed by atoms with Crippen LogP contribution in [0.25, 0.3) is 0 Å². The maximum Gasteiger partial charge on any atom is 0.123 e. The third-order valence-electron chi connectivity index (χ3n) is 2.98. The number of nitrogens with zero attached hydrogens (tertiary/aromatic N) is 1. The van der Waals surface area contributed by atoms with Crippen molar-refractivity contribution >= 4 is 0 Å². The molecule has 0 spiro atoms. The molecule has 0 aliphatic heterocycles. The van der Waals surface area contributed by atoms with Gasteiger partial charge < -0.3 is 5.73 Å². The predicted molar refractivity (Wildman–Crippen MR) is 66.1 cm³/mol. The van der Waals surface area contributed by atoms with Gasteiger partial charge in [0.25, 0.3) is 0 Å². The lowest BCUT2D eigenvalue weighted by atomic mass is 9.94. The molecule has 0 radical (unpaired) electrons. The van der Waals surface area contributed by atoms with Crippen molar-refractivity contribution < 1.29 is 4.39 Å². The molecule has 0 aliphatic carbocycles. The van der Waals surface area contributed by atoms with E-state index in [0.29, 0.717) is 0 Å². The summed E-state index contributed by atoms with van der Waals surface area (Å²) in [5.41, 5.74) is 10.0. The van der Waals surface area contributed by atoms with Crippen LogP contribution in [0, 0.1) is 19.7 Å². The SMILES string of the molecule is Cc1cnccc1C(N)c1cc(F)ccc1C. The first-order valence-electron chi connectivity index (χ1n) is 5.51. The van der Waals surface area contributed by atoms with Crippen LogP contribution in [0.2, 0.25) is 0 Å². The summed E-state index contributed by atoms with van der Waals surface area (Å²) in [6.45, 7) is 3.89. The number of aromatic nitrogens is 1. The summed E-state index contributed by atoms with van der Waals surface area (Å²) in [5.74, 6) is -0.257. The largest absolute Gasteiger partial charge is 0.320 e. The smallest absolute Gasteiger partial charge is 0.123 e. The summed E-state index contributed by atoms with van der Waals surface area (Å²) in [6.07, 6.45) is 3.47. The minimum atomic E-state index is -0.311. The van der Waals surface area contributed by atoms with Crippen LogP contribution in [0.5, 0.6) is 0 Å². The van der Waals surface area contributed by atoms with Crippen molar-refractivity contribution in [3.05, 3.63) is 64.7 Å². The van der Waals surface area contributed by atoms with E-state index in [0.717, 1.165) is 22.3 Å². The number of aryl methyl sites for hydroxylation is 2. The molecule has 0 fully saturated rings. The number of hydrogen-bond donors (Lipinski definition) is 1. The third-order valence-corrected chi connectivity index (χ3v) is 2.98. The van der Waals surface area contributed by atoms with Crippen molar-refractivity contribution in [1.82, 2.24) is 4.98 Å². The Balaban J connectivity index is 2.47. The fourth-order valence-electron chi connectivity index (χ4n) is 1.95. The van der Waals surface area contributed by atoms with Gasteiger partial charge in [-0.1, -0.05) is 6.07 Å². The average molecular weight is 230 g/mol. The van der Waals surface area contributed by atoms with Gasteiger partial charge in [-0.05, 0) is 54.3 Å². The van der Waals surface area contributed by atoms with Gasteiger partial charge in [0.15, 0.2) is 0 Å². The zero-order valence-corrected chi connectivity index (χ0v) is 9.94. The molecule has 1 aromatic carbocycles. The highest BCUT2D eigenvalue weighted by atomic mass is 19.1. The van der Waals surface area contributed by atoms with Crippen molar-refractivity contribution in [3.8, 4) is 0 Å². The lowest BCUT2D eigenvalue weighted by molar-refractivity contribution is 0.622. The molecule has 17 heavy (non-hydrogen) atoms. The Labute approximate surface area is 100 Å².